The van der Waals surface area contributed by atoms with Crippen molar-refractivity contribution in [3.8, 4) is 17.6 Å². The molecule has 6 heteroatoms. The zero-order valence-electron chi connectivity index (χ0n) is 12.7. The lowest BCUT2D eigenvalue weighted by Gasteiger charge is -2.16. The Morgan fingerprint density at radius 3 is 2.52 bits per heavy atom. The standard InChI is InChI=1S/C17H15FN2O3/c1-11(17(21)20-14-6-4-13(18)5-7-14)23-15-8-3-12(10-19)9-16(15)22-2/h3-9,11H,1-2H3,(H,20,21)/t11-/m1/s1. The number of ether oxygens (including phenoxy) is 2. The van der Waals surface area contributed by atoms with Crippen LogP contribution in [0, 0.1) is 17.1 Å². The predicted octanol–water partition coefficient (Wildman–Crippen LogP) is 3.11. The van der Waals surface area contributed by atoms with Gasteiger partial charge in [0, 0.05) is 11.8 Å². The number of rotatable bonds is 5. The van der Waals surface area contributed by atoms with E-state index >= 15 is 0 Å². The number of hydrogen-bond donors (Lipinski definition) is 1. The van der Waals surface area contributed by atoms with E-state index < -0.39 is 6.10 Å². The Bertz CT molecular complexity index is 738. The van der Waals surface area contributed by atoms with Gasteiger partial charge in [0.25, 0.3) is 5.91 Å². The van der Waals surface area contributed by atoms with Gasteiger partial charge in [-0.05, 0) is 43.3 Å². The summed E-state index contributed by atoms with van der Waals surface area (Å²) in [4.78, 5) is 12.1. The minimum absolute atomic E-state index is 0.355. The van der Waals surface area contributed by atoms with Crippen LogP contribution in [0.2, 0.25) is 0 Å². The molecular weight excluding hydrogens is 299 g/mol. The zero-order valence-corrected chi connectivity index (χ0v) is 12.7. The Balaban J connectivity index is 2.06. The van der Waals surface area contributed by atoms with Gasteiger partial charge in [-0.25, -0.2) is 4.39 Å². The van der Waals surface area contributed by atoms with Crippen molar-refractivity contribution in [2.45, 2.75) is 13.0 Å². The zero-order chi connectivity index (χ0) is 16.8. The second-order valence-corrected chi connectivity index (χ2v) is 4.73. The van der Waals surface area contributed by atoms with Gasteiger partial charge in [-0.3, -0.25) is 4.79 Å². The van der Waals surface area contributed by atoms with Crippen molar-refractivity contribution >= 4 is 11.6 Å². The number of hydrogen-bond acceptors (Lipinski definition) is 4. The second-order valence-electron chi connectivity index (χ2n) is 4.73. The molecule has 0 saturated heterocycles. The molecule has 1 N–H and O–H groups in total. The van der Waals surface area contributed by atoms with Crippen LogP contribution < -0.4 is 14.8 Å². The van der Waals surface area contributed by atoms with Gasteiger partial charge in [-0.2, -0.15) is 5.26 Å². The van der Waals surface area contributed by atoms with Gasteiger partial charge in [0.1, 0.15) is 5.82 Å². The van der Waals surface area contributed by atoms with Crippen LogP contribution in [-0.2, 0) is 4.79 Å². The van der Waals surface area contributed by atoms with Crippen molar-refractivity contribution in [1.82, 2.24) is 0 Å². The Labute approximate surface area is 133 Å². The molecule has 0 aliphatic heterocycles. The highest BCUT2D eigenvalue weighted by Crippen LogP contribution is 2.28. The maximum absolute atomic E-state index is 12.8. The molecular formula is C17H15FN2O3. The van der Waals surface area contributed by atoms with E-state index in [0.29, 0.717) is 22.7 Å². The van der Waals surface area contributed by atoms with Crippen LogP contribution in [0.25, 0.3) is 0 Å². The number of nitrogens with zero attached hydrogens (tertiary/aromatic N) is 1. The molecule has 2 rings (SSSR count). The highest BCUT2D eigenvalue weighted by atomic mass is 19.1. The highest BCUT2D eigenvalue weighted by Gasteiger charge is 2.17. The Kier molecular flexibility index (Phi) is 5.15. The van der Waals surface area contributed by atoms with Gasteiger partial charge in [0.05, 0.1) is 18.7 Å². The van der Waals surface area contributed by atoms with Crippen molar-refractivity contribution < 1.29 is 18.7 Å². The van der Waals surface area contributed by atoms with Crippen molar-refractivity contribution in [3.05, 3.63) is 53.8 Å². The molecule has 0 fully saturated rings. The maximum atomic E-state index is 12.8. The number of anilines is 1. The summed E-state index contributed by atoms with van der Waals surface area (Å²) in [5.74, 6) is -0.0450. The Morgan fingerprint density at radius 1 is 1.22 bits per heavy atom. The number of carbonyl (C=O) groups excluding carboxylic acids is 1. The Hall–Kier alpha value is -3.07. The summed E-state index contributed by atoms with van der Waals surface area (Å²) in [6.07, 6.45) is -0.804. The molecule has 23 heavy (non-hydrogen) atoms. The summed E-state index contributed by atoms with van der Waals surface area (Å²) >= 11 is 0. The van der Waals surface area contributed by atoms with Crippen LogP contribution in [-0.4, -0.2) is 19.1 Å². The number of benzene rings is 2. The van der Waals surface area contributed by atoms with E-state index in [1.54, 1.807) is 19.1 Å². The smallest absolute Gasteiger partial charge is 0.265 e. The maximum Gasteiger partial charge on any atom is 0.265 e. The number of methoxy groups -OCH3 is 1. The summed E-state index contributed by atoms with van der Waals surface area (Å²) in [6.45, 7) is 1.58. The van der Waals surface area contributed by atoms with Gasteiger partial charge in [0.15, 0.2) is 17.6 Å². The molecule has 0 aliphatic rings. The summed E-state index contributed by atoms with van der Waals surface area (Å²) in [5, 5.41) is 11.5. The Morgan fingerprint density at radius 2 is 1.91 bits per heavy atom. The molecule has 0 aliphatic carbocycles. The van der Waals surface area contributed by atoms with E-state index in [9.17, 15) is 9.18 Å². The van der Waals surface area contributed by atoms with Crippen LogP contribution in [0.1, 0.15) is 12.5 Å². The summed E-state index contributed by atoms with van der Waals surface area (Å²) in [6, 6.07) is 12.1. The van der Waals surface area contributed by atoms with Crippen LogP contribution in [0.5, 0.6) is 11.5 Å². The number of amides is 1. The molecule has 0 bridgehead atoms. The van der Waals surface area contributed by atoms with Crippen LogP contribution in [0.4, 0.5) is 10.1 Å². The minimum atomic E-state index is -0.804. The molecule has 0 radical (unpaired) electrons. The lowest BCUT2D eigenvalue weighted by atomic mass is 10.2. The topological polar surface area (TPSA) is 71.3 Å². The molecule has 0 spiro atoms. The first-order valence-electron chi connectivity index (χ1n) is 6.84. The fraction of sp³-hybridized carbons (Fsp3) is 0.176. The first kappa shape index (κ1) is 16.3. The fourth-order valence-electron chi connectivity index (χ4n) is 1.86. The van der Waals surface area contributed by atoms with Crippen LogP contribution in [0.3, 0.4) is 0 Å². The summed E-state index contributed by atoms with van der Waals surface area (Å²) in [5.41, 5.74) is 0.899. The molecule has 0 unspecified atom stereocenters. The summed E-state index contributed by atoms with van der Waals surface area (Å²) in [7, 11) is 1.45. The lowest BCUT2D eigenvalue weighted by molar-refractivity contribution is -0.122. The van der Waals surface area contributed by atoms with Crippen LogP contribution >= 0.6 is 0 Å². The average Bonchev–Trinajstić information content (AvgIpc) is 2.57. The van der Waals surface area contributed by atoms with Crippen molar-refractivity contribution in [2.75, 3.05) is 12.4 Å². The van der Waals surface area contributed by atoms with Crippen molar-refractivity contribution in [3.63, 3.8) is 0 Å². The highest BCUT2D eigenvalue weighted by molar-refractivity contribution is 5.94. The second kappa shape index (κ2) is 7.27. The van der Waals surface area contributed by atoms with Gasteiger partial charge >= 0.3 is 0 Å². The average molecular weight is 314 g/mol. The molecule has 2 aromatic carbocycles. The summed E-state index contributed by atoms with van der Waals surface area (Å²) < 4.78 is 23.6. The van der Waals surface area contributed by atoms with Gasteiger partial charge in [-0.15, -0.1) is 0 Å². The third-order valence-corrected chi connectivity index (χ3v) is 3.08. The normalized spacial score (nSPS) is 11.2. The number of carbonyl (C=O) groups is 1. The van der Waals surface area contributed by atoms with E-state index in [1.165, 1.54) is 37.4 Å². The molecule has 0 saturated carbocycles. The molecule has 0 aromatic heterocycles. The monoisotopic (exact) mass is 314 g/mol. The quantitative estimate of drug-likeness (QED) is 0.920. The molecule has 118 valence electrons. The number of nitriles is 1. The third kappa shape index (κ3) is 4.20. The molecule has 2 aromatic rings. The number of halogens is 1. The van der Waals surface area contributed by atoms with E-state index in [0.717, 1.165) is 0 Å². The third-order valence-electron chi connectivity index (χ3n) is 3.08. The van der Waals surface area contributed by atoms with Gasteiger partial charge < -0.3 is 14.8 Å². The SMILES string of the molecule is COc1cc(C#N)ccc1O[C@H](C)C(=O)Nc1ccc(F)cc1. The molecule has 1 atom stereocenters. The fourth-order valence-corrected chi connectivity index (χ4v) is 1.86. The first-order valence-corrected chi connectivity index (χ1v) is 6.84. The van der Waals surface area contributed by atoms with E-state index in [-0.39, 0.29) is 11.7 Å². The number of nitrogens with one attached hydrogen (secondary N) is 1. The van der Waals surface area contributed by atoms with Gasteiger partial charge in [-0.1, -0.05) is 0 Å². The largest absolute Gasteiger partial charge is 0.493 e. The minimum Gasteiger partial charge on any atom is -0.493 e. The van der Waals surface area contributed by atoms with E-state index in [4.69, 9.17) is 14.7 Å². The van der Waals surface area contributed by atoms with E-state index in [1.807, 2.05) is 6.07 Å². The van der Waals surface area contributed by atoms with E-state index in [2.05, 4.69) is 5.32 Å². The van der Waals surface area contributed by atoms with Crippen molar-refractivity contribution in [1.29, 1.82) is 5.26 Å². The molecule has 0 heterocycles. The predicted molar refractivity (Wildman–Crippen MR) is 82.8 cm³/mol. The molecule has 5 nitrogen and oxygen atoms in total. The van der Waals surface area contributed by atoms with Crippen LogP contribution in [0.15, 0.2) is 42.5 Å². The van der Waals surface area contributed by atoms with Crippen molar-refractivity contribution in [2.24, 2.45) is 0 Å². The molecule has 1 amide bonds. The lowest BCUT2D eigenvalue weighted by Crippen LogP contribution is -2.30. The van der Waals surface area contributed by atoms with Gasteiger partial charge in [0.2, 0.25) is 0 Å². The first-order chi connectivity index (χ1) is 11.0.